The van der Waals surface area contributed by atoms with Crippen molar-refractivity contribution >= 4 is 23.2 Å². The van der Waals surface area contributed by atoms with Crippen LogP contribution in [0.3, 0.4) is 0 Å². The molecule has 0 aliphatic carbocycles. The molecule has 1 amide bonds. The molecule has 0 bridgehead atoms. The van der Waals surface area contributed by atoms with Gasteiger partial charge in [0.2, 0.25) is 5.91 Å². The quantitative estimate of drug-likeness (QED) is 0.692. The van der Waals surface area contributed by atoms with E-state index in [0.717, 1.165) is 48.1 Å². The lowest BCUT2D eigenvalue weighted by atomic mass is 10.1. The zero-order chi connectivity index (χ0) is 18.6. The third-order valence-electron chi connectivity index (χ3n) is 4.73. The van der Waals surface area contributed by atoms with Crippen molar-refractivity contribution in [3.63, 3.8) is 0 Å². The third-order valence-corrected chi connectivity index (χ3v) is 4.98. The lowest BCUT2D eigenvalue weighted by Gasteiger charge is -2.36. The molecule has 1 aromatic heterocycles. The largest absolute Gasteiger partial charge is 0.368 e. The molecule has 0 radical (unpaired) electrons. The summed E-state index contributed by atoms with van der Waals surface area (Å²) in [7, 11) is 0. The van der Waals surface area contributed by atoms with Gasteiger partial charge < -0.3 is 9.80 Å². The van der Waals surface area contributed by atoms with E-state index in [2.05, 4.69) is 20.4 Å². The number of carbonyl (C=O) groups is 1. The van der Waals surface area contributed by atoms with E-state index in [1.165, 1.54) is 0 Å². The van der Waals surface area contributed by atoms with Crippen molar-refractivity contribution in [1.82, 2.24) is 25.1 Å². The van der Waals surface area contributed by atoms with Crippen molar-refractivity contribution in [2.24, 2.45) is 0 Å². The molecule has 3 aromatic rings. The fourth-order valence-electron chi connectivity index (χ4n) is 3.20. The lowest BCUT2D eigenvalue weighted by Crippen LogP contribution is -2.49. The van der Waals surface area contributed by atoms with Gasteiger partial charge in [0.15, 0.2) is 0 Å². The minimum Gasteiger partial charge on any atom is -0.368 e. The average molecular weight is 383 g/mol. The van der Waals surface area contributed by atoms with Gasteiger partial charge in [0, 0.05) is 36.9 Å². The van der Waals surface area contributed by atoms with Gasteiger partial charge in [-0.3, -0.25) is 4.79 Å². The summed E-state index contributed by atoms with van der Waals surface area (Å²) in [6.07, 6.45) is 1.94. The molecule has 1 saturated heterocycles. The third kappa shape index (κ3) is 4.09. The number of piperazine rings is 1. The first-order valence-corrected chi connectivity index (χ1v) is 9.17. The second kappa shape index (κ2) is 7.75. The maximum absolute atomic E-state index is 12.6. The summed E-state index contributed by atoms with van der Waals surface area (Å²) in [6, 6.07) is 15.5. The Morgan fingerprint density at radius 1 is 0.926 bits per heavy atom. The van der Waals surface area contributed by atoms with Crippen LogP contribution < -0.4 is 4.90 Å². The van der Waals surface area contributed by atoms with Crippen LogP contribution in [0.5, 0.6) is 0 Å². The van der Waals surface area contributed by atoms with E-state index in [-0.39, 0.29) is 5.91 Å². The maximum atomic E-state index is 12.6. The highest BCUT2D eigenvalue weighted by Crippen LogP contribution is 2.20. The van der Waals surface area contributed by atoms with Crippen LogP contribution in [0.1, 0.15) is 5.56 Å². The first-order chi connectivity index (χ1) is 13.2. The van der Waals surface area contributed by atoms with E-state index in [1.54, 1.807) is 11.0 Å². The van der Waals surface area contributed by atoms with Crippen LogP contribution in [-0.4, -0.2) is 57.2 Å². The zero-order valence-corrected chi connectivity index (χ0v) is 15.5. The minimum absolute atomic E-state index is 0.154. The van der Waals surface area contributed by atoms with Gasteiger partial charge in [-0.05, 0) is 52.4 Å². The van der Waals surface area contributed by atoms with Gasteiger partial charge in [-0.25, -0.2) is 4.68 Å². The van der Waals surface area contributed by atoms with Gasteiger partial charge in [-0.1, -0.05) is 23.7 Å². The molecule has 1 aliphatic rings. The summed E-state index contributed by atoms with van der Waals surface area (Å²) in [5, 5.41) is 11.8. The fourth-order valence-corrected chi connectivity index (χ4v) is 3.32. The summed E-state index contributed by atoms with van der Waals surface area (Å²) >= 11 is 5.95. The van der Waals surface area contributed by atoms with Crippen LogP contribution >= 0.6 is 11.6 Å². The first kappa shape index (κ1) is 17.5. The number of nitrogens with zero attached hydrogens (tertiary/aromatic N) is 6. The molecular formula is C19H19ClN6O. The van der Waals surface area contributed by atoms with E-state index in [9.17, 15) is 4.79 Å². The Morgan fingerprint density at radius 3 is 2.22 bits per heavy atom. The van der Waals surface area contributed by atoms with Crippen molar-refractivity contribution in [1.29, 1.82) is 0 Å². The minimum atomic E-state index is 0.154. The molecule has 0 atom stereocenters. The predicted molar refractivity (Wildman–Crippen MR) is 103 cm³/mol. The van der Waals surface area contributed by atoms with Crippen LogP contribution in [0, 0.1) is 0 Å². The molecule has 2 heterocycles. The Balaban J connectivity index is 1.32. The number of halogens is 1. The predicted octanol–water partition coefficient (Wildman–Crippen LogP) is 2.21. The van der Waals surface area contributed by atoms with Gasteiger partial charge in [-0.2, -0.15) is 0 Å². The number of hydrogen-bond acceptors (Lipinski definition) is 5. The SMILES string of the molecule is O=C(Cc1ccc(-n2cnnn2)cc1)N1CCN(c2ccc(Cl)cc2)CC1. The highest BCUT2D eigenvalue weighted by Gasteiger charge is 2.21. The molecule has 4 rings (SSSR count). The molecule has 0 saturated carbocycles. The number of tetrazole rings is 1. The Hall–Kier alpha value is -2.93. The number of anilines is 1. The molecule has 0 unspecified atom stereocenters. The molecule has 138 valence electrons. The van der Waals surface area contributed by atoms with Crippen LogP contribution in [-0.2, 0) is 11.2 Å². The summed E-state index contributed by atoms with van der Waals surface area (Å²) < 4.78 is 1.58. The average Bonchev–Trinajstić information content (AvgIpc) is 3.24. The molecule has 0 N–H and O–H groups in total. The highest BCUT2D eigenvalue weighted by molar-refractivity contribution is 6.30. The van der Waals surface area contributed by atoms with E-state index in [1.807, 2.05) is 53.4 Å². The van der Waals surface area contributed by atoms with E-state index in [4.69, 9.17) is 11.6 Å². The number of rotatable bonds is 4. The number of carbonyl (C=O) groups excluding carboxylic acids is 1. The van der Waals surface area contributed by atoms with E-state index < -0.39 is 0 Å². The van der Waals surface area contributed by atoms with Crippen molar-refractivity contribution in [3.05, 3.63) is 65.4 Å². The second-order valence-electron chi connectivity index (χ2n) is 6.44. The maximum Gasteiger partial charge on any atom is 0.227 e. The van der Waals surface area contributed by atoms with Crippen LogP contribution in [0.2, 0.25) is 5.02 Å². The van der Waals surface area contributed by atoms with Gasteiger partial charge in [0.05, 0.1) is 12.1 Å². The number of benzene rings is 2. The number of aromatic nitrogens is 4. The normalized spacial score (nSPS) is 14.4. The van der Waals surface area contributed by atoms with E-state index in [0.29, 0.717) is 6.42 Å². The molecular weight excluding hydrogens is 364 g/mol. The molecule has 1 fully saturated rings. The van der Waals surface area contributed by atoms with Crippen molar-refractivity contribution in [2.45, 2.75) is 6.42 Å². The Labute approximate surface area is 162 Å². The summed E-state index contributed by atoms with van der Waals surface area (Å²) in [5.41, 5.74) is 2.99. The molecule has 8 heteroatoms. The zero-order valence-electron chi connectivity index (χ0n) is 14.7. The fraction of sp³-hybridized carbons (Fsp3) is 0.263. The van der Waals surface area contributed by atoms with Gasteiger partial charge in [0.1, 0.15) is 6.33 Å². The summed E-state index contributed by atoms with van der Waals surface area (Å²) in [6.45, 7) is 3.10. The molecule has 7 nitrogen and oxygen atoms in total. The second-order valence-corrected chi connectivity index (χ2v) is 6.88. The molecule has 1 aliphatic heterocycles. The van der Waals surface area contributed by atoms with Crippen LogP contribution in [0.25, 0.3) is 5.69 Å². The van der Waals surface area contributed by atoms with Crippen LogP contribution in [0.4, 0.5) is 5.69 Å². The lowest BCUT2D eigenvalue weighted by molar-refractivity contribution is -0.130. The van der Waals surface area contributed by atoms with Crippen molar-refractivity contribution in [2.75, 3.05) is 31.1 Å². The highest BCUT2D eigenvalue weighted by atomic mass is 35.5. The van der Waals surface area contributed by atoms with Gasteiger partial charge >= 0.3 is 0 Å². The summed E-state index contributed by atoms with van der Waals surface area (Å²) in [4.78, 5) is 16.8. The topological polar surface area (TPSA) is 67.2 Å². The smallest absolute Gasteiger partial charge is 0.227 e. The Kier molecular flexibility index (Phi) is 5.02. The molecule has 2 aromatic carbocycles. The van der Waals surface area contributed by atoms with Crippen molar-refractivity contribution in [3.8, 4) is 5.69 Å². The van der Waals surface area contributed by atoms with Gasteiger partial charge in [-0.15, -0.1) is 5.10 Å². The van der Waals surface area contributed by atoms with Gasteiger partial charge in [0.25, 0.3) is 0 Å². The number of hydrogen-bond donors (Lipinski definition) is 0. The Morgan fingerprint density at radius 2 is 1.59 bits per heavy atom. The number of amides is 1. The molecule has 27 heavy (non-hydrogen) atoms. The molecule has 0 spiro atoms. The first-order valence-electron chi connectivity index (χ1n) is 8.80. The van der Waals surface area contributed by atoms with Crippen molar-refractivity contribution < 1.29 is 4.79 Å². The Bertz CT molecular complexity index is 887. The van der Waals surface area contributed by atoms with E-state index >= 15 is 0 Å². The van der Waals surface area contributed by atoms with Crippen LogP contribution in [0.15, 0.2) is 54.9 Å². The summed E-state index contributed by atoms with van der Waals surface area (Å²) in [5.74, 6) is 0.154. The standard InChI is InChI=1S/C19H19ClN6O/c20-16-3-7-17(8-4-16)24-9-11-25(12-10-24)19(27)13-15-1-5-18(6-2-15)26-14-21-22-23-26/h1-8,14H,9-13H2. The monoisotopic (exact) mass is 382 g/mol.